The molecule has 0 atom stereocenters. The summed E-state index contributed by atoms with van der Waals surface area (Å²) in [5.41, 5.74) is 7.98. The molecule has 0 saturated carbocycles. The third-order valence-corrected chi connectivity index (χ3v) is 10.3. The number of hydrogen-bond donors (Lipinski definition) is 0. The number of fused-ring (bicyclic) bond motifs is 9. The summed E-state index contributed by atoms with van der Waals surface area (Å²) in [7, 11) is 0. The first-order valence-electron chi connectivity index (χ1n) is 15.2. The molecule has 0 aliphatic heterocycles. The molecule has 0 saturated heterocycles. The summed E-state index contributed by atoms with van der Waals surface area (Å²) in [6.07, 6.45) is 0. The van der Waals surface area contributed by atoms with Crippen molar-refractivity contribution < 1.29 is 0 Å². The van der Waals surface area contributed by atoms with Crippen LogP contribution in [-0.4, -0.2) is 14.1 Å². The zero-order valence-electron chi connectivity index (χ0n) is 24.2. The minimum atomic E-state index is 0.917. The van der Waals surface area contributed by atoms with Crippen molar-refractivity contribution in [3.05, 3.63) is 152 Å². The highest BCUT2D eigenvalue weighted by Gasteiger charge is 2.19. The maximum atomic E-state index is 5.31. The molecule has 0 radical (unpaired) electrons. The topological polar surface area (TPSA) is 22.8 Å². The largest absolute Gasteiger partial charge is 0.309 e. The van der Waals surface area contributed by atoms with Gasteiger partial charge in [0.25, 0.3) is 0 Å². The smallest absolute Gasteiger partial charge is 0.138 e. The quantitative estimate of drug-likeness (QED) is 0.200. The molecule has 0 aliphatic carbocycles. The molecular formula is C41H25N3S. The molecule has 6 aromatic carbocycles. The molecular weight excluding hydrogens is 567 g/mol. The summed E-state index contributed by atoms with van der Waals surface area (Å²) >= 11 is 1.85. The van der Waals surface area contributed by atoms with Crippen LogP contribution >= 0.6 is 11.3 Å². The second-order valence-electron chi connectivity index (χ2n) is 11.6. The number of thiophene rings is 1. The summed E-state index contributed by atoms with van der Waals surface area (Å²) < 4.78 is 7.34. The van der Waals surface area contributed by atoms with Crippen molar-refractivity contribution in [2.75, 3.05) is 0 Å². The van der Waals surface area contributed by atoms with Gasteiger partial charge in [0.15, 0.2) is 0 Å². The first-order chi connectivity index (χ1) is 22.3. The lowest BCUT2D eigenvalue weighted by Gasteiger charge is -2.10. The van der Waals surface area contributed by atoms with Gasteiger partial charge in [-0.15, -0.1) is 11.3 Å². The van der Waals surface area contributed by atoms with E-state index in [1.54, 1.807) is 0 Å². The number of para-hydroxylation sites is 3. The lowest BCUT2D eigenvalue weighted by molar-refractivity contribution is 1.08. The van der Waals surface area contributed by atoms with E-state index in [2.05, 4.69) is 161 Å². The van der Waals surface area contributed by atoms with Gasteiger partial charge < -0.3 is 4.57 Å². The Morgan fingerprint density at radius 1 is 0.400 bits per heavy atom. The van der Waals surface area contributed by atoms with Crippen LogP contribution in [0.2, 0.25) is 0 Å². The van der Waals surface area contributed by atoms with Crippen molar-refractivity contribution in [2.45, 2.75) is 0 Å². The third-order valence-electron chi connectivity index (χ3n) is 9.12. The van der Waals surface area contributed by atoms with Crippen LogP contribution in [0.3, 0.4) is 0 Å². The number of hydrogen-bond acceptors (Lipinski definition) is 2. The maximum absolute atomic E-state index is 5.31. The van der Waals surface area contributed by atoms with Crippen LogP contribution in [-0.2, 0) is 0 Å². The average molecular weight is 592 g/mol. The molecule has 10 rings (SSSR count). The standard InChI is InChI=1S/C41H25N3S/c1-2-11-27(12-3-1)43-35-17-7-4-13-28(35)31-25-38-32(24-37(31)43)29-14-5-8-18-36(29)44(38)41-20-10-16-34(42-41)26-21-22-40-33(23-26)30-15-6-9-19-39(30)45-40/h1-25H. The van der Waals surface area contributed by atoms with Gasteiger partial charge in [-0.25, -0.2) is 4.98 Å². The lowest BCUT2D eigenvalue weighted by Crippen LogP contribution is -1.98. The number of aromatic nitrogens is 3. The van der Waals surface area contributed by atoms with Crippen LogP contribution in [0, 0.1) is 0 Å². The van der Waals surface area contributed by atoms with Crippen molar-refractivity contribution in [1.82, 2.24) is 14.1 Å². The highest BCUT2D eigenvalue weighted by atomic mass is 32.1. The minimum Gasteiger partial charge on any atom is -0.309 e. The van der Waals surface area contributed by atoms with Crippen molar-refractivity contribution >= 4 is 75.1 Å². The van der Waals surface area contributed by atoms with Crippen LogP contribution in [0.1, 0.15) is 0 Å². The van der Waals surface area contributed by atoms with Crippen LogP contribution in [0.25, 0.3) is 86.5 Å². The number of pyridine rings is 1. The Hall–Kier alpha value is -5.71. The van der Waals surface area contributed by atoms with Gasteiger partial charge >= 0.3 is 0 Å². The Morgan fingerprint density at radius 2 is 1.02 bits per heavy atom. The average Bonchev–Trinajstić information content (AvgIpc) is 3.75. The van der Waals surface area contributed by atoms with Gasteiger partial charge in [-0.2, -0.15) is 0 Å². The lowest BCUT2D eigenvalue weighted by atomic mass is 10.1. The van der Waals surface area contributed by atoms with Crippen LogP contribution < -0.4 is 0 Å². The Morgan fingerprint density at radius 3 is 1.80 bits per heavy atom. The summed E-state index contributed by atoms with van der Waals surface area (Å²) in [6, 6.07) is 54.6. The molecule has 4 heteroatoms. The first-order valence-corrected chi connectivity index (χ1v) is 16.0. The molecule has 3 nitrogen and oxygen atoms in total. The van der Waals surface area contributed by atoms with E-state index in [0.29, 0.717) is 0 Å². The van der Waals surface area contributed by atoms with E-state index >= 15 is 0 Å². The zero-order valence-corrected chi connectivity index (χ0v) is 25.0. The molecule has 0 bridgehead atoms. The van der Waals surface area contributed by atoms with Gasteiger partial charge in [-0.05, 0) is 66.7 Å². The van der Waals surface area contributed by atoms with E-state index in [1.165, 1.54) is 52.8 Å². The highest BCUT2D eigenvalue weighted by Crippen LogP contribution is 2.40. The van der Waals surface area contributed by atoms with Gasteiger partial charge in [0.1, 0.15) is 5.82 Å². The molecule has 4 aromatic heterocycles. The van der Waals surface area contributed by atoms with E-state index in [4.69, 9.17) is 4.98 Å². The van der Waals surface area contributed by atoms with E-state index in [-0.39, 0.29) is 0 Å². The van der Waals surface area contributed by atoms with E-state index in [9.17, 15) is 0 Å². The molecule has 10 aromatic rings. The SMILES string of the molecule is c1ccc(-n2c3ccccc3c3cc4c(cc32)c2ccccc2n4-c2cccc(-c3ccc4sc5ccccc5c4c3)n2)cc1. The molecule has 0 fully saturated rings. The van der Waals surface area contributed by atoms with Gasteiger partial charge in [-0.3, -0.25) is 4.57 Å². The molecule has 45 heavy (non-hydrogen) atoms. The molecule has 210 valence electrons. The van der Waals surface area contributed by atoms with E-state index in [0.717, 1.165) is 33.8 Å². The Kier molecular flexibility index (Phi) is 5.16. The van der Waals surface area contributed by atoms with Gasteiger partial charge in [0.05, 0.1) is 27.8 Å². The second kappa shape index (κ2) is 9.39. The number of nitrogens with zero attached hydrogens (tertiary/aromatic N) is 3. The van der Waals surface area contributed by atoms with Crippen LogP contribution in [0.5, 0.6) is 0 Å². The van der Waals surface area contributed by atoms with Crippen LogP contribution in [0.15, 0.2) is 152 Å². The fourth-order valence-corrected chi connectivity index (χ4v) is 8.21. The molecule has 0 unspecified atom stereocenters. The first kappa shape index (κ1) is 24.7. The molecule has 4 heterocycles. The Balaban J connectivity index is 1.24. The summed E-state index contributed by atoms with van der Waals surface area (Å²) in [5.74, 6) is 0.917. The van der Waals surface area contributed by atoms with E-state index < -0.39 is 0 Å². The molecule has 0 N–H and O–H groups in total. The van der Waals surface area contributed by atoms with Crippen molar-refractivity contribution in [3.63, 3.8) is 0 Å². The van der Waals surface area contributed by atoms with Crippen molar-refractivity contribution in [3.8, 4) is 22.8 Å². The van der Waals surface area contributed by atoms with E-state index in [1.807, 2.05) is 11.3 Å². The monoisotopic (exact) mass is 591 g/mol. The highest BCUT2D eigenvalue weighted by molar-refractivity contribution is 7.25. The normalized spacial score (nSPS) is 12.0. The number of benzene rings is 6. The second-order valence-corrected chi connectivity index (χ2v) is 12.7. The van der Waals surface area contributed by atoms with Crippen molar-refractivity contribution in [1.29, 1.82) is 0 Å². The summed E-state index contributed by atoms with van der Waals surface area (Å²) in [5, 5.41) is 7.50. The molecule has 0 aliphatic rings. The van der Waals surface area contributed by atoms with Gasteiger partial charge in [0, 0.05) is 53.0 Å². The maximum Gasteiger partial charge on any atom is 0.138 e. The van der Waals surface area contributed by atoms with Crippen molar-refractivity contribution in [2.24, 2.45) is 0 Å². The Bertz CT molecular complexity index is 2760. The summed E-state index contributed by atoms with van der Waals surface area (Å²) in [6.45, 7) is 0. The predicted molar refractivity (Wildman–Crippen MR) is 191 cm³/mol. The molecule has 0 amide bonds. The Labute approximate surface area is 262 Å². The fraction of sp³-hybridized carbons (Fsp3) is 0. The number of rotatable bonds is 3. The predicted octanol–water partition coefficient (Wildman–Crippen LogP) is 11.3. The molecule has 0 spiro atoms. The fourth-order valence-electron chi connectivity index (χ4n) is 7.13. The van der Waals surface area contributed by atoms with Gasteiger partial charge in [-0.1, -0.05) is 84.9 Å². The van der Waals surface area contributed by atoms with Gasteiger partial charge in [0.2, 0.25) is 0 Å². The summed E-state index contributed by atoms with van der Waals surface area (Å²) in [4.78, 5) is 5.31. The van der Waals surface area contributed by atoms with Crippen LogP contribution in [0.4, 0.5) is 0 Å². The third kappa shape index (κ3) is 3.60. The minimum absolute atomic E-state index is 0.917. The zero-order chi connectivity index (χ0) is 29.5.